The van der Waals surface area contributed by atoms with Gasteiger partial charge < -0.3 is 20.7 Å². The van der Waals surface area contributed by atoms with Crippen LogP contribution in [0.5, 0.6) is 5.75 Å². The Kier molecular flexibility index (Phi) is 3.19. The number of carbonyl (C=O) groups is 1. The van der Waals surface area contributed by atoms with Crippen molar-refractivity contribution >= 4 is 17.3 Å². The Hall–Kier alpha value is -1.75. The van der Waals surface area contributed by atoms with Gasteiger partial charge >= 0.3 is 0 Å². The standard InChI is InChI=1S/C12H17N3O2/c1-15(2)3-4-17-11-7-10-8(5-9(11)13)6-12(16)14-10/h5,7H,3-4,6,13H2,1-2H3,(H,14,16). The normalized spacial score (nSPS) is 13.7. The highest BCUT2D eigenvalue weighted by Crippen LogP contribution is 2.32. The number of nitrogens with zero attached hydrogens (tertiary/aromatic N) is 1. The monoisotopic (exact) mass is 235 g/mol. The SMILES string of the molecule is CN(C)CCOc1cc2c(cc1N)CC(=O)N2. The van der Waals surface area contributed by atoms with E-state index in [0.29, 0.717) is 24.5 Å². The zero-order valence-electron chi connectivity index (χ0n) is 10.1. The largest absolute Gasteiger partial charge is 0.490 e. The van der Waals surface area contributed by atoms with Crippen molar-refractivity contribution in [1.82, 2.24) is 4.90 Å². The number of hydrogen-bond acceptors (Lipinski definition) is 4. The predicted molar refractivity (Wildman–Crippen MR) is 67.2 cm³/mol. The molecular weight excluding hydrogens is 218 g/mol. The van der Waals surface area contributed by atoms with E-state index >= 15 is 0 Å². The van der Waals surface area contributed by atoms with E-state index in [1.165, 1.54) is 0 Å². The molecule has 3 N–H and O–H groups in total. The summed E-state index contributed by atoms with van der Waals surface area (Å²) in [5.74, 6) is 0.637. The zero-order chi connectivity index (χ0) is 12.4. The van der Waals surface area contributed by atoms with Gasteiger partial charge in [-0.25, -0.2) is 0 Å². The van der Waals surface area contributed by atoms with E-state index < -0.39 is 0 Å². The van der Waals surface area contributed by atoms with Gasteiger partial charge in [0, 0.05) is 18.3 Å². The van der Waals surface area contributed by atoms with E-state index in [0.717, 1.165) is 17.8 Å². The number of benzene rings is 1. The summed E-state index contributed by atoms with van der Waals surface area (Å²) in [6, 6.07) is 3.60. The number of nitrogens with one attached hydrogen (secondary N) is 1. The maximum absolute atomic E-state index is 11.2. The van der Waals surface area contributed by atoms with Crippen molar-refractivity contribution in [2.45, 2.75) is 6.42 Å². The number of carbonyl (C=O) groups excluding carboxylic acids is 1. The number of nitrogen functional groups attached to an aromatic ring is 1. The molecule has 1 aromatic carbocycles. The number of fused-ring (bicyclic) bond motifs is 1. The molecule has 0 radical (unpaired) electrons. The Balaban J connectivity index is 2.08. The molecule has 0 bridgehead atoms. The van der Waals surface area contributed by atoms with Crippen molar-refractivity contribution in [3.05, 3.63) is 17.7 Å². The molecule has 5 heteroatoms. The van der Waals surface area contributed by atoms with Crippen molar-refractivity contribution < 1.29 is 9.53 Å². The molecule has 92 valence electrons. The average Bonchev–Trinajstić information content (AvgIpc) is 2.57. The molecular formula is C12H17N3O2. The van der Waals surface area contributed by atoms with Gasteiger partial charge in [0.15, 0.2) is 0 Å². The van der Waals surface area contributed by atoms with Gasteiger partial charge in [-0.1, -0.05) is 0 Å². The molecule has 0 unspecified atom stereocenters. The molecule has 0 aliphatic carbocycles. The second-order valence-electron chi connectivity index (χ2n) is 4.42. The minimum atomic E-state index is 0.00448. The molecule has 0 saturated carbocycles. The molecule has 5 nitrogen and oxygen atoms in total. The molecule has 0 aromatic heterocycles. The predicted octanol–water partition coefficient (Wildman–Crippen LogP) is 0.704. The maximum Gasteiger partial charge on any atom is 0.228 e. The Labute approximate surface area is 101 Å². The highest BCUT2D eigenvalue weighted by atomic mass is 16.5. The maximum atomic E-state index is 11.2. The van der Waals surface area contributed by atoms with Crippen LogP contribution in [-0.4, -0.2) is 38.1 Å². The first-order chi connectivity index (χ1) is 8.06. The first-order valence-corrected chi connectivity index (χ1v) is 5.56. The lowest BCUT2D eigenvalue weighted by Gasteiger charge is -2.13. The molecule has 1 aliphatic heterocycles. The van der Waals surface area contributed by atoms with Crippen molar-refractivity contribution in [3.63, 3.8) is 0 Å². The number of anilines is 2. The van der Waals surface area contributed by atoms with E-state index in [9.17, 15) is 4.79 Å². The summed E-state index contributed by atoms with van der Waals surface area (Å²) in [5.41, 5.74) is 8.21. The van der Waals surface area contributed by atoms with Gasteiger partial charge in [-0.2, -0.15) is 0 Å². The Morgan fingerprint density at radius 2 is 2.24 bits per heavy atom. The Morgan fingerprint density at radius 3 is 2.94 bits per heavy atom. The third-order valence-corrected chi connectivity index (χ3v) is 2.66. The summed E-state index contributed by atoms with van der Waals surface area (Å²) in [6.07, 6.45) is 0.400. The molecule has 1 aromatic rings. The van der Waals surface area contributed by atoms with Crippen molar-refractivity contribution in [2.75, 3.05) is 38.3 Å². The van der Waals surface area contributed by atoms with Crippen LogP contribution in [0.4, 0.5) is 11.4 Å². The lowest BCUT2D eigenvalue weighted by molar-refractivity contribution is -0.115. The average molecular weight is 235 g/mol. The topological polar surface area (TPSA) is 67.6 Å². The van der Waals surface area contributed by atoms with E-state index in [4.69, 9.17) is 10.5 Å². The Bertz CT molecular complexity index is 444. The summed E-state index contributed by atoms with van der Waals surface area (Å²) in [5, 5.41) is 2.78. The molecule has 1 aliphatic rings. The summed E-state index contributed by atoms with van der Waals surface area (Å²) >= 11 is 0. The lowest BCUT2D eigenvalue weighted by Crippen LogP contribution is -2.19. The van der Waals surface area contributed by atoms with Crippen LogP contribution < -0.4 is 15.8 Å². The van der Waals surface area contributed by atoms with Gasteiger partial charge in [0.1, 0.15) is 12.4 Å². The molecule has 1 heterocycles. The lowest BCUT2D eigenvalue weighted by atomic mass is 10.1. The number of likely N-dealkylation sites (N-methyl/N-ethyl adjacent to an activating group) is 1. The van der Waals surface area contributed by atoms with E-state index in [2.05, 4.69) is 5.32 Å². The molecule has 0 spiro atoms. The quantitative estimate of drug-likeness (QED) is 0.754. The summed E-state index contributed by atoms with van der Waals surface area (Å²) < 4.78 is 5.59. The highest BCUT2D eigenvalue weighted by Gasteiger charge is 2.19. The third-order valence-electron chi connectivity index (χ3n) is 2.66. The number of amides is 1. The molecule has 2 rings (SSSR count). The minimum Gasteiger partial charge on any atom is -0.490 e. The number of hydrogen-bond donors (Lipinski definition) is 2. The fourth-order valence-corrected chi connectivity index (χ4v) is 1.74. The number of nitrogens with two attached hydrogens (primary N) is 1. The van der Waals surface area contributed by atoms with Gasteiger partial charge in [-0.3, -0.25) is 4.79 Å². The molecule has 0 atom stereocenters. The van der Waals surface area contributed by atoms with Gasteiger partial charge in [0.05, 0.1) is 12.1 Å². The van der Waals surface area contributed by atoms with Crippen molar-refractivity contribution in [1.29, 1.82) is 0 Å². The highest BCUT2D eigenvalue weighted by molar-refractivity contribution is 6.00. The smallest absolute Gasteiger partial charge is 0.228 e. The van der Waals surface area contributed by atoms with E-state index in [1.54, 1.807) is 12.1 Å². The third kappa shape index (κ3) is 2.68. The Morgan fingerprint density at radius 1 is 1.47 bits per heavy atom. The number of rotatable bonds is 4. The van der Waals surface area contributed by atoms with Gasteiger partial charge in [0.25, 0.3) is 0 Å². The molecule has 17 heavy (non-hydrogen) atoms. The van der Waals surface area contributed by atoms with Crippen LogP contribution in [0, 0.1) is 0 Å². The first kappa shape index (κ1) is 11.7. The van der Waals surface area contributed by atoms with Crippen LogP contribution in [0.2, 0.25) is 0 Å². The van der Waals surface area contributed by atoms with E-state index in [-0.39, 0.29) is 5.91 Å². The van der Waals surface area contributed by atoms with Crippen LogP contribution in [0.1, 0.15) is 5.56 Å². The van der Waals surface area contributed by atoms with Crippen LogP contribution in [0.15, 0.2) is 12.1 Å². The fourth-order valence-electron chi connectivity index (χ4n) is 1.74. The summed E-state index contributed by atoms with van der Waals surface area (Å²) in [7, 11) is 3.96. The summed E-state index contributed by atoms with van der Waals surface area (Å²) in [6.45, 7) is 1.40. The van der Waals surface area contributed by atoms with Gasteiger partial charge in [-0.05, 0) is 25.7 Å². The summed E-state index contributed by atoms with van der Waals surface area (Å²) in [4.78, 5) is 13.3. The fraction of sp³-hybridized carbons (Fsp3) is 0.417. The first-order valence-electron chi connectivity index (χ1n) is 5.56. The van der Waals surface area contributed by atoms with Gasteiger partial charge in [-0.15, -0.1) is 0 Å². The van der Waals surface area contributed by atoms with Crippen LogP contribution in [-0.2, 0) is 11.2 Å². The van der Waals surface area contributed by atoms with Crippen molar-refractivity contribution in [3.8, 4) is 5.75 Å². The van der Waals surface area contributed by atoms with Crippen LogP contribution in [0.3, 0.4) is 0 Å². The molecule has 0 saturated heterocycles. The van der Waals surface area contributed by atoms with Crippen molar-refractivity contribution in [2.24, 2.45) is 0 Å². The molecule has 1 amide bonds. The zero-order valence-corrected chi connectivity index (χ0v) is 10.1. The molecule has 0 fully saturated rings. The van der Waals surface area contributed by atoms with E-state index in [1.807, 2.05) is 19.0 Å². The number of ether oxygens (including phenoxy) is 1. The second-order valence-corrected chi connectivity index (χ2v) is 4.42. The minimum absolute atomic E-state index is 0.00448. The van der Waals surface area contributed by atoms with Crippen LogP contribution >= 0.6 is 0 Å². The van der Waals surface area contributed by atoms with Gasteiger partial charge in [0.2, 0.25) is 5.91 Å². The second kappa shape index (κ2) is 4.63. The van der Waals surface area contributed by atoms with Crippen LogP contribution in [0.25, 0.3) is 0 Å².